The van der Waals surface area contributed by atoms with Crippen LogP contribution in [0.4, 0.5) is 0 Å². The third-order valence-corrected chi connectivity index (χ3v) is 4.82. The molecular weight excluding hydrogens is 356 g/mol. The van der Waals surface area contributed by atoms with Gasteiger partial charge in [-0.25, -0.2) is 0 Å². The Morgan fingerprint density at radius 3 is 2.46 bits per heavy atom. The molecule has 1 aliphatic heterocycles. The van der Waals surface area contributed by atoms with E-state index in [4.69, 9.17) is 4.74 Å². The summed E-state index contributed by atoms with van der Waals surface area (Å²) in [5.41, 5.74) is 0.514. The van der Waals surface area contributed by atoms with Crippen LogP contribution in [0.15, 0.2) is 24.3 Å². The maximum Gasteiger partial charge on any atom is 0.251 e. The fraction of sp³-hybridized carbons (Fsp3) is 0.619. The average Bonchev–Trinajstić information content (AvgIpc) is 2.70. The number of benzene rings is 1. The fourth-order valence-electron chi connectivity index (χ4n) is 3.19. The lowest BCUT2D eigenvalue weighted by atomic mass is 10.0. The van der Waals surface area contributed by atoms with Crippen molar-refractivity contribution in [2.24, 2.45) is 5.92 Å². The van der Waals surface area contributed by atoms with Crippen LogP contribution >= 0.6 is 0 Å². The number of carbonyl (C=O) groups excluding carboxylic acids is 2. The molecule has 1 atom stereocenters. The van der Waals surface area contributed by atoms with Gasteiger partial charge < -0.3 is 25.6 Å². The monoisotopic (exact) mass is 390 g/mol. The van der Waals surface area contributed by atoms with E-state index in [-0.39, 0.29) is 17.7 Å². The molecule has 1 aromatic carbocycles. The maximum absolute atomic E-state index is 12.6. The standard InChI is InChI=1S/C21H34N4O3/c1-4-28-18-8-6-17(7-9-18)20(26)24-19(16(2)3)21(27)23-10-5-13-25-14-11-22-12-15-25/h6-9,16,19,22H,4-5,10-15H2,1-3H3,(H,23,27)(H,24,26). The van der Waals surface area contributed by atoms with Crippen LogP contribution in [0.3, 0.4) is 0 Å². The normalized spacial score (nSPS) is 15.9. The summed E-state index contributed by atoms with van der Waals surface area (Å²) in [4.78, 5) is 27.5. The Kier molecular flexibility index (Phi) is 9.23. The summed E-state index contributed by atoms with van der Waals surface area (Å²) in [6, 6.07) is 6.39. The molecule has 156 valence electrons. The van der Waals surface area contributed by atoms with Crippen LogP contribution in [0.1, 0.15) is 37.6 Å². The van der Waals surface area contributed by atoms with Gasteiger partial charge in [0.2, 0.25) is 5.91 Å². The van der Waals surface area contributed by atoms with Crippen molar-refractivity contribution in [3.63, 3.8) is 0 Å². The van der Waals surface area contributed by atoms with Crippen molar-refractivity contribution in [3.05, 3.63) is 29.8 Å². The summed E-state index contributed by atoms with van der Waals surface area (Å²) in [5.74, 6) is 0.341. The average molecular weight is 391 g/mol. The largest absolute Gasteiger partial charge is 0.494 e. The van der Waals surface area contributed by atoms with Crippen LogP contribution < -0.4 is 20.7 Å². The molecule has 0 saturated carbocycles. The maximum atomic E-state index is 12.6. The number of carbonyl (C=O) groups is 2. The zero-order valence-electron chi connectivity index (χ0n) is 17.3. The van der Waals surface area contributed by atoms with E-state index in [1.807, 2.05) is 20.8 Å². The molecule has 1 saturated heterocycles. The molecule has 3 N–H and O–H groups in total. The first-order chi connectivity index (χ1) is 13.5. The lowest BCUT2D eigenvalue weighted by molar-refractivity contribution is -0.123. The van der Waals surface area contributed by atoms with Crippen molar-refractivity contribution in [1.82, 2.24) is 20.9 Å². The topological polar surface area (TPSA) is 82.7 Å². The first-order valence-corrected chi connectivity index (χ1v) is 10.3. The summed E-state index contributed by atoms with van der Waals surface area (Å²) in [5, 5.41) is 9.17. The second-order valence-electron chi connectivity index (χ2n) is 7.39. The summed E-state index contributed by atoms with van der Waals surface area (Å²) < 4.78 is 5.39. The van der Waals surface area contributed by atoms with Gasteiger partial charge in [0.1, 0.15) is 11.8 Å². The molecule has 1 aromatic rings. The lowest BCUT2D eigenvalue weighted by Crippen LogP contribution is -2.50. The zero-order chi connectivity index (χ0) is 20.4. The minimum atomic E-state index is -0.557. The number of nitrogens with zero attached hydrogens (tertiary/aromatic N) is 1. The lowest BCUT2D eigenvalue weighted by Gasteiger charge is -2.27. The molecule has 1 unspecified atom stereocenters. The molecule has 1 heterocycles. The van der Waals surface area contributed by atoms with E-state index in [9.17, 15) is 9.59 Å². The van der Waals surface area contributed by atoms with Crippen molar-refractivity contribution in [2.75, 3.05) is 45.9 Å². The minimum Gasteiger partial charge on any atom is -0.494 e. The number of piperazine rings is 1. The number of rotatable bonds is 10. The van der Waals surface area contributed by atoms with E-state index in [1.54, 1.807) is 24.3 Å². The highest BCUT2D eigenvalue weighted by molar-refractivity contribution is 5.97. The predicted molar refractivity (Wildman–Crippen MR) is 111 cm³/mol. The summed E-state index contributed by atoms with van der Waals surface area (Å²) in [6.07, 6.45) is 0.906. The molecule has 0 bridgehead atoms. The smallest absolute Gasteiger partial charge is 0.251 e. The summed E-state index contributed by atoms with van der Waals surface area (Å²) in [6.45, 7) is 12.1. The van der Waals surface area contributed by atoms with Gasteiger partial charge >= 0.3 is 0 Å². The summed E-state index contributed by atoms with van der Waals surface area (Å²) >= 11 is 0. The van der Waals surface area contributed by atoms with Gasteiger partial charge in [-0.3, -0.25) is 9.59 Å². The molecule has 28 heavy (non-hydrogen) atoms. The van der Waals surface area contributed by atoms with Crippen LogP contribution in [-0.2, 0) is 4.79 Å². The number of hydrogen-bond donors (Lipinski definition) is 3. The van der Waals surface area contributed by atoms with E-state index in [1.165, 1.54) is 0 Å². The third kappa shape index (κ3) is 7.13. The number of hydrogen-bond acceptors (Lipinski definition) is 5. The molecular formula is C21H34N4O3. The van der Waals surface area contributed by atoms with Crippen molar-refractivity contribution in [1.29, 1.82) is 0 Å². The summed E-state index contributed by atoms with van der Waals surface area (Å²) in [7, 11) is 0. The minimum absolute atomic E-state index is 0.000170. The molecule has 0 aliphatic carbocycles. The Hall–Kier alpha value is -2.12. The Morgan fingerprint density at radius 2 is 1.86 bits per heavy atom. The van der Waals surface area contributed by atoms with Gasteiger partial charge in [-0.2, -0.15) is 0 Å². The fourth-order valence-corrected chi connectivity index (χ4v) is 3.19. The molecule has 1 aliphatic rings. The van der Waals surface area contributed by atoms with Crippen LogP contribution in [0.2, 0.25) is 0 Å². The SMILES string of the molecule is CCOc1ccc(C(=O)NC(C(=O)NCCCN2CCNCC2)C(C)C)cc1. The Labute approximate surface area is 168 Å². The first kappa shape index (κ1) is 22.2. The van der Waals surface area contributed by atoms with Gasteiger partial charge in [0.15, 0.2) is 0 Å². The molecule has 7 nitrogen and oxygen atoms in total. The van der Waals surface area contributed by atoms with Gasteiger partial charge in [0, 0.05) is 38.3 Å². The number of nitrogens with one attached hydrogen (secondary N) is 3. The van der Waals surface area contributed by atoms with Gasteiger partial charge in [0.05, 0.1) is 6.61 Å². The number of amides is 2. The molecule has 2 rings (SSSR count). The second-order valence-corrected chi connectivity index (χ2v) is 7.39. The molecule has 0 radical (unpaired) electrons. The van der Waals surface area contributed by atoms with E-state index in [0.717, 1.165) is 44.9 Å². The number of ether oxygens (including phenoxy) is 1. The van der Waals surface area contributed by atoms with Crippen molar-refractivity contribution in [2.45, 2.75) is 33.2 Å². The molecule has 0 spiro atoms. The third-order valence-electron chi connectivity index (χ3n) is 4.82. The Balaban J connectivity index is 1.80. The van der Waals surface area contributed by atoms with Crippen LogP contribution in [0.25, 0.3) is 0 Å². The van der Waals surface area contributed by atoms with E-state index >= 15 is 0 Å². The van der Waals surface area contributed by atoms with Crippen molar-refractivity contribution >= 4 is 11.8 Å². The highest BCUT2D eigenvalue weighted by Crippen LogP contribution is 2.13. The van der Waals surface area contributed by atoms with Crippen molar-refractivity contribution in [3.8, 4) is 5.75 Å². The van der Waals surface area contributed by atoms with Gasteiger partial charge in [0.25, 0.3) is 5.91 Å². The molecule has 0 aromatic heterocycles. The molecule has 2 amide bonds. The Morgan fingerprint density at radius 1 is 1.18 bits per heavy atom. The van der Waals surface area contributed by atoms with Crippen molar-refractivity contribution < 1.29 is 14.3 Å². The van der Waals surface area contributed by atoms with Gasteiger partial charge in [-0.1, -0.05) is 13.8 Å². The zero-order valence-corrected chi connectivity index (χ0v) is 17.3. The first-order valence-electron chi connectivity index (χ1n) is 10.3. The van der Waals surface area contributed by atoms with E-state index in [0.29, 0.717) is 18.7 Å². The molecule has 7 heteroatoms. The van der Waals surface area contributed by atoms with Gasteiger partial charge in [-0.15, -0.1) is 0 Å². The quantitative estimate of drug-likeness (QED) is 0.524. The molecule has 1 fully saturated rings. The van der Waals surface area contributed by atoms with Gasteiger partial charge in [-0.05, 0) is 50.1 Å². The highest BCUT2D eigenvalue weighted by atomic mass is 16.5. The van der Waals surface area contributed by atoms with E-state index in [2.05, 4.69) is 20.9 Å². The van der Waals surface area contributed by atoms with Crippen LogP contribution in [-0.4, -0.2) is 68.6 Å². The van der Waals surface area contributed by atoms with Crippen LogP contribution in [0.5, 0.6) is 5.75 Å². The highest BCUT2D eigenvalue weighted by Gasteiger charge is 2.24. The second kappa shape index (κ2) is 11.7. The van der Waals surface area contributed by atoms with Crippen LogP contribution in [0, 0.1) is 5.92 Å². The predicted octanol–water partition coefficient (Wildman–Crippen LogP) is 1.25. The Bertz CT molecular complexity index is 613. The van der Waals surface area contributed by atoms with E-state index < -0.39 is 6.04 Å².